The van der Waals surface area contributed by atoms with Crippen LogP contribution in [0.2, 0.25) is 0 Å². The van der Waals surface area contributed by atoms with E-state index in [9.17, 15) is 9.18 Å². The van der Waals surface area contributed by atoms with Crippen molar-refractivity contribution in [1.82, 2.24) is 0 Å². The molecule has 0 aliphatic heterocycles. The molecule has 0 bridgehead atoms. The monoisotopic (exact) mass is 252 g/mol. The van der Waals surface area contributed by atoms with E-state index in [1.54, 1.807) is 12.1 Å². The molecule has 18 heavy (non-hydrogen) atoms. The Morgan fingerprint density at radius 1 is 1.44 bits per heavy atom. The van der Waals surface area contributed by atoms with Gasteiger partial charge in [-0.05, 0) is 31.5 Å². The fraction of sp³-hybridized carbons (Fsp3) is 0.500. The molecular formula is C14H21FN2O. The highest BCUT2D eigenvalue weighted by Crippen LogP contribution is 2.17. The zero-order valence-electron chi connectivity index (χ0n) is 11.0. The van der Waals surface area contributed by atoms with Crippen LogP contribution < -0.4 is 10.6 Å². The van der Waals surface area contributed by atoms with Gasteiger partial charge in [-0.25, -0.2) is 4.39 Å². The van der Waals surface area contributed by atoms with E-state index in [4.69, 9.17) is 5.73 Å². The summed E-state index contributed by atoms with van der Waals surface area (Å²) in [6.45, 7) is 4.40. The summed E-state index contributed by atoms with van der Waals surface area (Å²) in [5.41, 5.74) is 6.43. The molecule has 0 spiro atoms. The van der Waals surface area contributed by atoms with Gasteiger partial charge in [0, 0.05) is 12.2 Å². The minimum Gasteiger partial charge on any atom is -0.320 e. The van der Waals surface area contributed by atoms with Crippen molar-refractivity contribution in [1.29, 1.82) is 0 Å². The normalized spacial score (nSPS) is 12.2. The van der Waals surface area contributed by atoms with E-state index in [0.717, 1.165) is 12.8 Å². The highest BCUT2D eigenvalue weighted by Gasteiger charge is 2.20. The van der Waals surface area contributed by atoms with Gasteiger partial charge in [-0.3, -0.25) is 4.79 Å². The summed E-state index contributed by atoms with van der Waals surface area (Å²) in [7, 11) is 0. The Hall–Kier alpha value is -1.42. The minimum absolute atomic E-state index is 0.142. The number of amides is 1. The second-order valence-corrected chi connectivity index (χ2v) is 4.31. The third-order valence-electron chi connectivity index (χ3n) is 2.89. The highest BCUT2D eigenvalue weighted by atomic mass is 19.1. The quantitative estimate of drug-likeness (QED) is 0.846. The van der Waals surface area contributed by atoms with Crippen LogP contribution in [-0.4, -0.2) is 18.5 Å². The lowest BCUT2D eigenvalue weighted by molar-refractivity contribution is -0.119. The van der Waals surface area contributed by atoms with Crippen molar-refractivity contribution >= 4 is 11.6 Å². The number of benzene rings is 1. The van der Waals surface area contributed by atoms with E-state index in [1.165, 1.54) is 17.0 Å². The Bertz CT molecular complexity index is 395. The van der Waals surface area contributed by atoms with Gasteiger partial charge in [0.2, 0.25) is 5.91 Å². The van der Waals surface area contributed by atoms with Gasteiger partial charge in [-0.2, -0.15) is 0 Å². The molecule has 1 aromatic carbocycles. The van der Waals surface area contributed by atoms with Crippen molar-refractivity contribution < 1.29 is 9.18 Å². The Balaban J connectivity index is 2.79. The molecule has 1 amide bonds. The Morgan fingerprint density at radius 2 is 2.17 bits per heavy atom. The fourth-order valence-electron chi connectivity index (χ4n) is 1.86. The molecule has 1 atom stereocenters. The number of nitrogens with zero attached hydrogens (tertiary/aromatic N) is 1. The zero-order valence-corrected chi connectivity index (χ0v) is 11.0. The van der Waals surface area contributed by atoms with Crippen LogP contribution >= 0.6 is 0 Å². The van der Waals surface area contributed by atoms with Crippen molar-refractivity contribution in [2.24, 2.45) is 5.73 Å². The molecule has 0 aliphatic carbocycles. The van der Waals surface area contributed by atoms with Crippen molar-refractivity contribution in [2.75, 3.05) is 11.4 Å². The molecule has 100 valence electrons. The molecule has 0 saturated carbocycles. The Kier molecular flexibility index (Phi) is 5.78. The van der Waals surface area contributed by atoms with E-state index in [-0.39, 0.29) is 11.7 Å². The van der Waals surface area contributed by atoms with Gasteiger partial charge >= 0.3 is 0 Å². The second-order valence-electron chi connectivity index (χ2n) is 4.31. The predicted octanol–water partition coefficient (Wildman–Crippen LogP) is 2.70. The maximum absolute atomic E-state index is 13.2. The van der Waals surface area contributed by atoms with Crippen LogP contribution in [0.1, 0.15) is 33.1 Å². The summed E-state index contributed by atoms with van der Waals surface area (Å²) >= 11 is 0. The van der Waals surface area contributed by atoms with Gasteiger partial charge in [0.25, 0.3) is 0 Å². The van der Waals surface area contributed by atoms with Crippen LogP contribution in [0, 0.1) is 5.82 Å². The van der Waals surface area contributed by atoms with Crippen molar-refractivity contribution in [2.45, 2.75) is 39.2 Å². The van der Waals surface area contributed by atoms with Gasteiger partial charge in [0.15, 0.2) is 0 Å². The van der Waals surface area contributed by atoms with Crippen LogP contribution in [0.3, 0.4) is 0 Å². The number of hydrogen-bond donors (Lipinski definition) is 1. The van der Waals surface area contributed by atoms with Crippen LogP contribution in [0.4, 0.5) is 10.1 Å². The number of carbonyl (C=O) groups is 1. The van der Waals surface area contributed by atoms with Gasteiger partial charge in [-0.1, -0.05) is 25.8 Å². The van der Waals surface area contributed by atoms with Gasteiger partial charge in [0.05, 0.1) is 6.04 Å². The molecule has 1 rings (SSSR count). The molecular weight excluding hydrogens is 231 g/mol. The molecule has 4 heteroatoms. The van der Waals surface area contributed by atoms with E-state index in [1.807, 2.05) is 6.92 Å². The van der Waals surface area contributed by atoms with E-state index in [2.05, 4.69) is 6.92 Å². The minimum atomic E-state index is -0.506. The Morgan fingerprint density at radius 3 is 2.72 bits per heavy atom. The topological polar surface area (TPSA) is 46.3 Å². The number of rotatable bonds is 6. The fourth-order valence-corrected chi connectivity index (χ4v) is 1.86. The van der Waals surface area contributed by atoms with E-state index in [0.29, 0.717) is 18.7 Å². The molecule has 0 aliphatic rings. The molecule has 2 N–H and O–H groups in total. The smallest absolute Gasteiger partial charge is 0.243 e. The summed E-state index contributed by atoms with van der Waals surface area (Å²) in [6, 6.07) is 5.52. The lowest BCUT2D eigenvalue weighted by atomic mass is 10.1. The summed E-state index contributed by atoms with van der Waals surface area (Å²) in [4.78, 5) is 13.7. The van der Waals surface area contributed by atoms with E-state index < -0.39 is 6.04 Å². The number of nitrogens with two attached hydrogens (primary N) is 1. The number of unbranched alkanes of at least 4 members (excludes halogenated alkanes) is 1. The first-order valence-electron chi connectivity index (χ1n) is 6.42. The average Bonchev–Trinajstić information content (AvgIpc) is 2.36. The lowest BCUT2D eigenvalue weighted by Crippen LogP contribution is -2.43. The summed E-state index contributed by atoms with van der Waals surface area (Å²) in [5, 5.41) is 0. The van der Waals surface area contributed by atoms with Crippen molar-refractivity contribution in [3.8, 4) is 0 Å². The van der Waals surface area contributed by atoms with Gasteiger partial charge in [0.1, 0.15) is 5.82 Å². The number of anilines is 1. The van der Waals surface area contributed by atoms with Gasteiger partial charge < -0.3 is 10.6 Å². The van der Waals surface area contributed by atoms with Crippen molar-refractivity contribution in [3.63, 3.8) is 0 Å². The number of likely N-dealkylation sites (N-methyl/N-ethyl adjacent to an activating group) is 1. The zero-order chi connectivity index (χ0) is 13.5. The molecule has 3 nitrogen and oxygen atoms in total. The summed E-state index contributed by atoms with van der Waals surface area (Å²) < 4.78 is 13.2. The summed E-state index contributed by atoms with van der Waals surface area (Å²) in [6.07, 6.45) is 2.60. The number of carbonyl (C=O) groups excluding carboxylic acids is 1. The molecule has 1 unspecified atom stereocenters. The van der Waals surface area contributed by atoms with Crippen LogP contribution in [0.25, 0.3) is 0 Å². The lowest BCUT2D eigenvalue weighted by Gasteiger charge is -2.24. The standard InChI is InChI=1S/C14H21FN2O/c1-3-5-9-13(16)14(18)17(4-2)12-8-6-7-11(15)10-12/h6-8,10,13H,3-5,9,16H2,1-2H3. The first-order chi connectivity index (χ1) is 8.60. The molecule has 0 saturated heterocycles. The highest BCUT2D eigenvalue weighted by molar-refractivity contribution is 5.96. The maximum atomic E-state index is 13.2. The third-order valence-corrected chi connectivity index (χ3v) is 2.89. The largest absolute Gasteiger partial charge is 0.320 e. The second kappa shape index (κ2) is 7.11. The van der Waals surface area contributed by atoms with Crippen LogP contribution in [0.15, 0.2) is 24.3 Å². The van der Waals surface area contributed by atoms with Crippen LogP contribution in [-0.2, 0) is 4.79 Å². The van der Waals surface area contributed by atoms with Crippen LogP contribution in [0.5, 0.6) is 0 Å². The first-order valence-corrected chi connectivity index (χ1v) is 6.42. The summed E-state index contributed by atoms with van der Waals surface area (Å²) in [5.74, 6) is -0.488. The van der Waals surface area contributed by atoms with Crippen molar-refractivity contribution in [3.05, 3.63) is 30.1 Å². The first kappa shape index (κ1) is 14.6. The molecule has 1 aromatic rings. The molecule has 0 radical (unpaired) electrons. The Labute approximate surface area is 108 Å². The van der Waals surface area contributed by atoms with Gasteiger partial charge in [-0.15, -0.1) is 0 Å². The molecule has 0 aromatic heterocycles. The predicted molar refractivity (Wildman–Crippen MR) is 71.9 cm³/mol. The van der Waals surface area contributed by atoms with E-state index >= 15 is 0 Å². The number of halogens is 1. The molecule has 0 fully saturated rings. The maximum Gasteiger partial charge on any atom is 0.243 e. The number of hydrogen-bond acceptors (Lipinski definition) is 2. The SMILES string of the molecule is CCCCC(N)C(=O)N(CC)c1cccc(F)c1. The third kappa shape index (κ3) is 3.81. The molecule has 0 heterocycles. The average molecular weight is 252 g/mol.